The first-order valence-electron chi connectivity index (χ1n) is 8.67. The van der Waals surface area contributed by atoms with Crippen molar-refractivity contribution in [1.29, 1.82) is 0 Å². The lowest BCUT2D eigenvalue weighted by Crippen LogP contribution is -2.42. The number of hydrogen-bond donors (Lipinski definition) is 0. The maximum Gasteiger partial charge on any atom is 0.254 e. The van der Waals surface area contributed by atoms with Gasteiger partial charge in [-0.1, -0.05) is 30.3 Å². The molecule has 1 aliphatic rings. The number of piperidine rings is 1. The second-order valence-corrected chi connectivity index (χ2v) is 6.53. The predicted octanol–water partition coefficient (Wildman–Crippen LogP) is 3.88. The van der Waals surface area contributed by atoms with E-state index in [0.29, 0.717) is 24.2 Å². The van der Waals surface area contributed by atoms with E-state index in [9.17, 15) is 9.59 Å². The number of ether oxygens (including phenoxy) is 1. The van der Waals surface area contributed by atoms with Crippen LogP contribution in [0.2, 0.25) is 0 Å². The molecule has 0 aromatic heterocycles. The van der Waals surface area contributed by atoms with Crippen LogP contribution in [-0.2, 0) is 0 Å². The fourth-order valence-electron chi connectivity index (χ4n) is 3.20. The van der Waals surface area contributed by atoms with Crippen LogP contribution in [0.5, 0.6) is 5.75 Å². The third-order valence-corrected chi connectivity index (χ3v) is 4.56. The van der Waals surface area contributed by atoms with E-state index in [1.807, 2.05) is 36.1 Å². The normalized spacial score (nSPS) is 15.0. The Kier molecular flexibility index (Phi) is 5.17. The lowest BCUT2D eigenvalue weighted by molar-refractivity contribution is 0.0592. The summed E-state index contributed by atoms with van der Waals surface area (Å²) < 4.78 is 6.04. The summed E-state index contributed by atoms with van der Waals surface area (Å²) >= 11 is 0. The van der Waals surface area contributed by atoms with Crippen LogP contribution in [0.15, 0.2) is 48.5 Å². The monoisotopic (exact) mass is 337 g/mol. The molecule has 130 valence electrons. The van der Waals surface area contributed by atoms with Crippen molar-refractivity contribution in [3.05, 3.63) is 65.2 Å². The fraction of sp³-hybridized carbons (Fsp3) is 0.333. The Morgan fingerprint density at radius 3 is 2.32 bits per heavy atom. The van der Waals surface area contributed by atoms with Crippen LogP contribution in [0, 0.1) is 6.92 Å². The molecule has 2 aromatic rings. The van der Waals surface area contributed by atoms with Crippen molar-refractivity contribution in [1.82, 2.24) is 4.90 Å². The molecule has 2 aromatic carbocycles. The van der Waals surface area contributed by atoms with E-state index in [2.05, 4.69) is 0 Å². The van der Waals surface area contributed by atoms with Crippen LogP contribution in [0.4, 0.5) is 0 Å². The molecule has 0 saturated carbocycles. The molecule has 1 aliphatic heterocycles. The number of carbonyl (C=O) groups excluding carboxylic acids is 2. The summed E-state index contributed by atoms with van der Waals surface area (Å²) in [5, 5.41) is 0. The number of ketones is 1. The number of carbonyl (C=O) groups is 2. The summed E-state index contributed by atoms with van der Waals surface area (Å²) in [7, 11) is 0. The zero-order valence-corrected chi connectivity index (χ0v) is 14.7. The Morgan fingerprint density at radius 2 is 1.68 bits per heavy atom. The first kappa shape index (κ1) is 17.2. The maximum atomic E-state index is 12.8. The van der Waals surface area contributed by atoms with Gasteiger partial charge in [0.25, 0.3) is 5.91 Å². The summed E-state index contributed by atoms with van der Waals surface area (Å²) in [4.78, 5) is 26.3. The van der Waals surface area contributed by atoms with E-state index in [1.165, 1.54) is 12.5 Å². The summed E-state index contributed by atoms with van der Waals surface area (Å²) in [6.07, 6.45) is 1.71. The first-order chi connectivity index (χ1) is 12.0. The topological polar surface area (TPSA) is 46.6 Å². The standard InChI is InChI=1S/C21H23NO3/c1-15-6-5-7-18(14-15)25-17-10-12-22(13-11-17)21(24)20-9-4-3-8-19(20)16(2)23/h3-9,14,17H,10-13H2,1-2H3. The summed E-state index contributed by atoms with van der Waals surface area (Å²) in [6.45, 7) is 4.82. The number of Topliss-reactive ketones (excluding diaryl/α,β-unsaturated/α-hetero) is 1. The minimum atomic E-state index is -0.0818. The molecule has 0 aliphatic carbocycles. The van der Waals surface area contributed by atoms with Gasteiger partial charge in [-0.3, -0.25) is 9.59 Å². The average molecular weight is 337 g/mol. The first-order valence-corrected chi connectivity index (χ1v) is 8.67. The van der Waals surface area contributed by atoms with E-state index in [4.69, 9.17) is 4.74 Å². The predicted molar refractivity (Wildman–Crippen MR) is 97.2 cm³/mol. The Bertz CT molecular complexity index is 776. The van der Waals surface area contributed by atoms with Crippen molar-refractivity contribution in [2.45, 2.75) is 32.8 Å². The van der Waals surface area contributed by atoms with Gasteiger partial charge in [0, 0.05) is 31.5 Å². The Morgan fingerprint density at radius 1 is 1.00 bits per heavy atom. The van der Waals surface area contributed by atoms with Crippen LogP contribution >= 0.6 is 0 Å². The van der Waals surface area contributed by atoms with Crippen LogP contribution in [0.1, 0.15) is 46.0 Å². The Labute approximate surface area is 148 Å². The van der Waals surface area contributed by atoms with Crippen molar-refractivity contribution < 1.29 is 14.3 Å². The van der Waals surface area contributed by atoms with Gasteiger partial charge < -0.3 is 9.64 Å². The maximum absolute atomic E-state index is 12.8. The summed E-state index contributed by atoms with van der Waals surface area (Å²) in [5.41, 5.74) is 2.16. The van der Waals surface area contributed by atoms with Gasteiger partial charge >= 0.3 is 0 Å². The SMILES string of the molecule is CC(=O)c1ccccc1C(=O)N1CCC(Oc2cccc(C)c2)CC1. The highest BCUT2D eigenvalue weighted by atomic mass is 16.5. The average Bonchev–Trinajstić information content (AvgIpc) is 2.62. The summed E-state index contributed by atoms with van der Waals surface area (Å²) in [6, 6.07) is 15.1. The van der Waals surface area contributed by atoms with Crippen LogP contribution < -0.4 is 4.74 Å². The van der Waals surface area contributed by atoms with Crippen molar-refractivity contribution in [3.8, 4) is 5.75 Å². The highest BCUT2D eigenvalue weighted by molar-refractivity contribution is 6.07. The van der Waals surface area contributed by atoms with Crippen molar-refractivity contribution >= 4 is 11.7 Å². The third-order valence-electron chi connectivity index (χ3n) is 4.56. The largest absolute Gasteiger partial charge is 0.490 e. The van der Waals surface area contributed by atoms with E-state index < -0.39 is 0 Å². The Hall–Kier alpha value is -2.62. The summed E-state index contributed by atoms with van der Waals surface area (Å²) in [5.74, 6) is 0.730. The second-order valence-electron chi connectivity index (χ2n) is 6.53. The molecule has 0 unspecified atom stereocenters. The van der Waals surface area contributed by atoms with Gasteiger partial charge in [0.15, 0.2) is 5.78 Å². The molecule has 0 bridgehead atoms. The fourth-order valence-corrected chi connectivity index (χ4v) is 3.20. The van der Waals surface area contributed by atoms with Gasteiger partial charge in [-0.2, -0.15) is 0 Å². The molecule has 1 saturated heterocycles. The molecule has 0 radical (unpaired) electrons. The number of rotatable bonds is 4. The van der Waals surface area contributed by atoms with Crippen LogP contribution in [-0.4, -0.2) is 35.8 Å². The zero-order valence-electron chi connectivity index (χ0n) is 14.7. The molecule has 1 amide bonds. The molecule has 3 rings (SSSR count). The molecule has 0 spiro atoms. The molecule has 1 fully saturated rings. The van der Waals surface area contributed by atoms with E-state index in [-0.39, 0.29) is 17.8 Å². The second kappa shape index (κ2) is 7.51. The highest BCUT2D eigenvalue weighted by Gasteiger charge is 2.26. The molecule has 4 nitrogen and oxygen atoms in total. The molecule has 1 heterocycles. The minimum absolute atomic E-state index is 0.0696. The van der Waals surface area contributed by atoms with Gasteiger partial charge in [-0.25, -0.2) is 0 Å². The lowest BCUT2D eigenvalue weighted by atomic mass is 10.0. The number of aryl methyl sites for hydroxylation is 1. The number of likely N-dealkylation sites (tertiary alicyclic amines) is 1. The molecular formula is C21H23NO3. The molecular weight excluding hydrogens is 314 g/mol. The number of amides is 1. The highest BCUT2D eigenvalue weighted by Crippen LogP contribution is 2.22. The van der Waals surface area contributed by atoms with Crippen molar-refractivity contribution in [2.24, 2.45) is 0 Å². The van der Waals surface area contributed by atoms with Gasteiger partial charge in [0.2, 0.25) is 0 Å². The zero-order chi connectivity index (χ0) is 17.8. The van der Waals surface area contributed by atoms with Crippen LogP contribution in [0.25, 0.3) is 0 Å². The molecule has 25 heavy (non-hydrogen) atoms. The van der Waals surface area contributed by atoms with Gasteiger partial charge in [0.1, 0.15) is 11.9 Å². The van der Waals surface area contributed by atoms with Gasteiger partial charge in [-0.05, 0) is 37.6 Å². The lowest BCUT2D eigenvalue weighted by Gasteiger charge is -2.32. The van der Waals surface area contributed by atoms with E-state index in [0.717, 1.165) is 18.6 Å². The smallest absolute Gasteiger partial charge is 0.254 e. The molecule has 4 heteroatoms. The van der Waals surface area contributed by atoms with E-state index >= 15 is 0 Å². The van der Waals surface area contributed by atoms with Crippen LogP contribution in [0.3, 0.4) is 0 Å². The molecule has 0 N–H and O–H groups in total. The minimum Gasteiger partial charge on any atom is -0.490 e. The quantitative estimate of drug-likeness (QED) is 0.796. The number of hydrogen-bond acceptors (Lipinski definition) is 3. The number of benzene rings is 2. The van der Waals surface area contributed by atoms with Gasteiger partial charge in [0.05, 0.1) is 5.56 Å². The number of nitrogens with zero attached hydrogens (tertiary/aromatic N) is 1. The Balaban J connectivity index is 1.62. The third kappa shape index (κ3) is 4.08. The van der Waals surface area contributed by atoms with Crippen molar-refractivity contribution in [2.75, 3.05) is 13.1 Å². The molecule has 0 atom stereocenters. The van der Waals surface area contributed by atoms with Gasteiger partial charge in [-0.15, -0.1) is 0 Å². The van der Waals surface area contributed by atoms with Crippen molar-refractivity contribution in [3.63, 3.8) is 0 Å². The van der Waals surface area contributed by atoms with E-state index in [1.54, 1.807) is 24.3 Å².